The average Bonchev–Trinajstić information content (AvgIpc) is 0.918. The van der Waals surface area contributed by atoms with Crippen molar-refractivity contribution < 1.29 is 47.1 Å². The van der Waals surface area contributed by atoms with Crippen LogP contribution in [0.15, 0.2) is 0 Å². The molecular weight excluding hydrogens is 200 g/mol. The van der Waals surface area contributed by atoms with Crippen LogP contribution in [0.5, 0.6) is 0 Å². The van der Waals surface area contributed by atoms with Crippen molar-refractivity contribution in [3.05, 3.63) is 10.1 Å². The predicted octanol–water partition coefficient (Wildman–Crippen LogP) is -1.51. The van der Waals surface area contributed by atoms with E-state index in [9.17, 15) is 0 Å². The molecule has 0 amide bonds. The zero-order valence-corrected chi connectivity index (χ0v) is 5.66. The third-order valence-electron chi connectivity index (χ3n) is 0. The van der Waals surface area contributed by atoms with Crippen molar-refractivity contribution in [3.63, 3.8) is 0 Å². The topological polar surface area (TPSA) is 89.1 Å². The summed E-state index contributed by atoms with van der Waals surface area (Å²) < 4.78 is 0. The van der Waals surface area contributed by atoms with Crippen molar-refractivity contribution in [2.24, 2.45) is 0 Å². The SMILES string of the molecule is N.O=[NH+][O-].[Ce]. The molecule has 0 aliphatic rings. The Morgan fingerprint density at radius 3 is 1.60 bits per heavy atom. The molecule has 0 aromatic carbocycles. The number of rotatable bonds is 0. The number of hydrogen-bond acceptors (Lipinski definition) is 3. The summed E-state index contributed by atoms with van der Waals surface area (Å²) in [5.41, 5.74) is 0. The fourth-order valence-electron chi connectivity index (χ4n) is 0. The molecule has 5 heavy (non-hydrogen) atoms. The van der Waals surface area contributed by atoms with Gasteiger partial charge in [-0.3, -0.25) is 10.1 Å². The molecule has 0 spiro atoms. The first-order valence-electron chi connectivity index (χ1n) is 0.408. The van der Waals surface area contributed by atoms with E-state index in [0.717, 1.165) is 0 Å². The molecule has 0 heterocycles. The van der Waals surface area contributed by atoms with Gasteiger partial charge in [-0.25, -0.2) is 0 Å². The van der Waals surface area contributed by atoms with Gasteiger partial charge in [0, 0.05) is 47.1 Å². The van der Waals surface area contributed by atoms with Gasteiger partial charge in [-0.05, 0) is 0 Å². The molecule has 0 fully saturated rings. The molecule has 0 aliphatic heterocycles. The Hall–Kier alpha value is 0.737. The standard InChI is InChI=1S/Ce.HNO2.H3N/c;2-1-3;/h;1H;1H3. The largest absolute Gasteiger partial charge is 0.344 e. The van der Waals surface area contributed by atoms with Crippen LogP contribution >= 0.6 is 0 Å². The molecule has 0 radical (unpaired) electrons. The molecule has 0 rings (SSSR count). The van der Waals surface area contributed by atoms with Crippen LogP contribution < -0.4 is 11.5 Å². The summed E-state index contributed by atoms with van der Waals surface area (Å²) in [6, 6.07) is 0. The van der Waals surface area contributed by atoms with E-state index in [4.69, 9.17) is 10.1 Å². The van der Waals surface area contributed by atoms with E-state index < -0.39 is 0 Å². The summed E-state index contributed by atoms with van der Waals surface area (Å²) >= 11 is 0. The monoisotopic (exact) mass is 204 g/mol. The van der Waals surface area contributed by atoms with Crippen LogP contribution in [0.4, 0.5) is 0 Å². The Morgan fingerprint density at radius 1 is 1.60 bits per heavy atom. The second-order valence-electron chi connectivity index (χ2n) is 0.0833. The molecule has 0 atom stereocenters. The Morgan fingerprint density at radius 2 is 1.60 bits per heavy atom. The molecule has 0 saturated carbocycles. The van der Waals surface area contributed by atoms with Gasteiger partial charge in [0.2, 0.25) is 0 Å². The molecule has 0 aromatic heterocycles. The Kier molecular flexibility index (Phi) is 75.4. The maximum atomic E-state index is 8.12. The van der Waals surface area contributed by atoms with Crippen molar-refractivity contribution >= 4 is 0 Å². The van der Waals surface area contributed by atoms with Gasteiger partial charge in [0.1, 0.15) is 0 Å². The van der Waals surface area contributed by atoms with Gasteiger partial charge in [-0.2, -0.15) is 0 Å². The van der Waals surface area contributed by atoms with Crippen LogP contribution in [0.3, 0.4) is 0 Å². The zero-order valence-electron chi connectivity index (χ0n) is 2.52. The van der Waals surface area contributed by atoms with Gasteiger partial charge < -0.3 is 6.15 Å². The summed E-state index contributed by atoms with van der Waals surface area (Å²) in [5.74, 6) is 0. The summed E-state index contributed by atoms with van der Waals surface area (Å²) in [6.45, 7) is 0. The Labute approximate surface area is 62.8 Å². The summed E-state index contributed by atoms with van der Waals surface area (Å²) in [5, 5.41) is 8.38. The molecule has 0 aliphatic carbocycles. The molecule has 0 aromatic rings. The Balaban J connectivity index is -0.0000000200. The fraction of sp³-hybridized carbons (Fsp3) is 0. The summed E-state index contributed by atoms with van der Waals surface area (Å²) in [7, 11) is 0. The van der Waals surface area contributed by atoms with Gasteiger partial charge in [0.15, 0.2) is 0 Å². The quantitative estimate of drug-likeness (QED) is 0.371. The van der Waals surface area contributed by atoms with Crippen molar-refractivity contribution in [1.82, 2.24) is 6.15 Å². The summed E-state index contributed by atoms with van der Waals surface area (Å²) in [4.78, 5) is 8.12. The molecule has 4 N–H and O–H groups in total. The molecular formula is H4CeN2O2. The maximum absolute atomic E-state index is 8.12. The first-order valence-corrected chi connectivity index (χ1v) is 0.408. The Bertz CT molecular complexity index is 15.1. The van der Waals surface area contributed by atoms with E-state index in [1.54, 1.807) is 0 Å². The number of nitrogens with one attached hydrogen (secondary N) is 1. The van der Waals surface area contributed by atoms with Crippen molar-refractivity contribution in [1.29, 1.82) is 0 Å². The normalized spacial score (nSPS) is 2.40. The first kappa shape index (κ1) is 17.2. The number of hydrogen-bond donors (Lipinski definition) is 2. The third-order valence-corrected chi connectivity index (χ3v) is 0. The molecule has 0 bridgehead atoms. The van der Waals surface area contributed by atoms with Gasteiger partial charge >= 0.3 is 0 Å². The molecule has 4 nitrogen and oxygen atoms in total. The van der Waals surface area contributed by atoms with Gasteiger partial charge in [0.05, 0.1) is 0 Å². The van der Waals surface area contributed by atoms with Crippen molar-refractivity contribution in [2.75, 3.05) is 0 Å². The molecule has 0 unspecified atom stereocenters. The van der Waals surface area contributed by atoms with E-state index in [0.29, 0.717) is 0 Å². The maximum Gasteiger partial charge on any atom is 0.00366 e. The van der Waals surface area contributed by atoms with Crippen molar-refractivity contribution in [2.45, 2.75) is 0 Å². The third kappa shape index (κ3) is 65.4. The zero-order chi connectivity index (χ0) is 2.71. The van der Waals surface area contributed by atoms with E-state index >= 15 is 0 Å². The van der Waals surface area contributed by atoms with Crippen LogP contribution in [-0.4, -0.2) is 0 Å². The van der Waals surface area contributed by atoms with Crippen molar-refractivity contribution in [3.8, 4) is 0 Å². The molecule has 0 saturated heterocycles. The average molecular weight is 204 g/mol. The van der Waals surface area contributed by atoms with E-state index in [2.05, 4.69) is 0 Å². The van der Waals surface area contributed by atoms with Crippen LogP contribution in [0, 0.1) is 51.9 Å². The van der Waals surface area contributed by atoms with E-state index in [-0.39, 0.29) is 53.2 Å². The van der Waals surface area contributed by atoms with E-state index in [1.807, 2.05) is 0 Å². The van der Waals surface area contributed by atoms with Gasteiger partial charge in [0.25, 0.3) is 0 Å². The minimum Gasteiger partial charge on any atom is -0.344 e. The van der Waals surface area contributed by atoms with E-state index in [1.165, 1.54) is 0 Å². The summed E-state index contributed by atoms with van der Waals surface area (Å²) in [6.07, 6.45) is 0. The smallest absolute Gasteiger partial charge is 0.00366 e. The van der Waals surface area contributed by atoms with Crippen LogP contribution in [0.25, 0.3) is 0 Å². The first-order chi connectivity index (χ1) is 1.41. The van der Waals surface area contributed by atoms with Gasteiger partial charge in [-0.1, -0.05) is 0 Å². The van der Waals surface area contributed by atoms with Crippen LogP contribution in [0.2, 0.25) is 0 Å². The second kappa shape index (κ2) is 21.9. The van der Waals surface area contributed by atoms with Gasteiger partial charge in [-0.15, -0.1) is 0 Å². The minimum atomic E-state index is 0. The predicted molar refractivity (Wildman–Crippen MR) is 12.7 cm³/mol. The van der Waals surface area contributed by atoms with Crippen LogP contribution in [0.1, 0.15) is 0 Å². The second-order valence-corrected chi connectivity index (χ2v) is 0.0833. The fourth-order valence-corrected chi connectivity index (χ4v) is 0. The minimum absolute atomic E-state index is 0. The molecule has 30 valence electrons. The van der Waals surface area contributed by atoms with Crippen LogP contribution in [-0.2, 0) is 0 Å². The molecule has 5 heteroatoms.